The second-order valence-corrected chi connectivity index (χ2v) is 8.14. The zero-order valence-corrected chi connectivity index (χ0v) is 16.4. The summed E-state index contributed by atoms with van der Waals surface area (Å²) < 4.78 is 0. The van der Waals surface area contributed by atoms with E-state index in [0.29, 0.717) is 0 Å². The molecule has 0 spiro atoms. The van der Waals surface area contributed by atoms with E-state index in [1.807, 2.05) is 0 Å². The van der Waals surface area contributed by atoms with E-state index in [-0.39, 0.29) is 0 Å². The Morgan fingerprint density at radius 2 is 0.600 bits per heavy atom. The number of fused-ring (bicyclic) bond motifs is 12. The van der Waals surface area contributed by atoms with Crippen molar-refractivity contribution in [2.75, 3.05) is 0 Å². The summed E-state index contributed by atoms with van der Waals surface area (Å²) >= 11 is 0. The fourth-order valence-electron chi connectivity index (χ4n) is 5.32. The van der Waals surface area contributed by atoms with E-state index in [1.165, 1.54) is 65.7 Å². The van der Waals surface area contributed by atoms with Gasteiger partial charge in [0.2, 0.25) is 0 Å². The molecule has 0 N–H and O–H groups in total. The summed E-state index contributed by atoms with van der Waals surface area (Å²) in [6.07, 6.45) is 0. The fourth-order valence-corrected chi connectivity index (χ4v) is 5.32. The third kappa shape index (κ3) is 2.00. The number of hydrogen-bond acceptors (Lipinski definition) is 0. The molecule has 0 unspecified atom stereocenters. The van der Waals surface area contributed by atoms with Crippen molar-refractivity contribution in [2.24, 2.45) is 0 Å². The van der Waals surface area contributed by atoms with Crippen LogP contribution in [-0.4, -0.2) is 0 Å². The molecule has 0 saturated carbocycles. The summed E-state index contributed by atoms with van der Waals surface area (Å²) in [6, 6.07) is 39.9. The molecule has 0 nitrogen and oxygen atoms in total. The molecule has 0 aliphatic heterocycles. The fraction of sp³-hybridized carbons (Fsp3) is 0. The van der Waals surface area contributed by atoms with Crippen LogP contribution in [0.5, 0.6) is 0 Å². The highest BCUT2D eigenvalue weighted by molar-refractivity contribution is 6.37. The van der Waals surface area contributed by atoms with Crippen LogP contribution in [0.2, 0.25) is 0 Å². The molecule has 6 aliphatic carbocycles. The van der Waals surface area contributed by atoms with Crippen LogP contribution >= 0.6 is 0 Å². The highest BCUT2D eigenvalue weighted by Crippen LogP contribution is 2.51. The Labute approximate surface area is 175 Å². The highest BCUT2D eigenvalue weighted by Gasteiger charge is 2.23. The van der Waals surface area contributed by atoms with Gasteiger partial charge in [0.15, 0.2) is 0 Å². The average molecular weight is 378 g/mol. The van der Waals surface area contributed by atoms with Gasteiger partial charge in [0.05, 0.1) is 0 Å². The Kier molecular flexibility index (Phi) is 3.09. The van der Waals surface area contributed by atoms with E-state index < -0.39 is 0 Å². The Morgan fingerprint density at radius 3 is 0.933 bits per heavy atom. The predicted octanol–water partition coefficient (Wildman–Crippen LogP) is 8.46. The lowest BCUT2D eigenvalue weighted by Crippen LogP contribution is -1.75. The lowest BCUT2D eigenvalue weighted by Gasteiger charge is -2.04. The second-order valence-electron chi connectivity index (χ2n) is 8.14. The molecule has 0 bridgehead atoms. The van der Waals surface area contributed by atoms with Gasteiger partial charge in [0.1, 0.15) is 0 Å². The average Bonchev–Trinajstić information content (AvgIpc) is 3.16. The van der Waals surface area contributed by atoms with Gasteiger partial charge in [-0.1, -0.05) is 91.0 Å². The topological polar surface area (TPSA) is 0 Å². The molecule has 0 atom stereocenters. The summed E-state index contributed by atoms with van der Waals surface area (Å²) in [6.45, 7) is 0. The van der Waals surface area contributed by atoms with Gasteiger partial charge in [0, 0.05) is 0 Å². The van der Waals surface area contributed by atoms with E-state index in [4.69, 9.17) is 0 Å². The first kappa shape index (κ1) is 16.0. The molecule has 0 fully saturated rings. The van der Waals surface area contributed by atoms with Crippen LogP contribution in [0, 0.1) is 0 Å². The maximum Gasteiger partial charge on any atom is -0.00195 e. The molecule has 0 aromatic heterocycles. The highest BCUT2D eigenvalue weighted by atomic mass is 14.3. The van der Waals surface area contributed by atoms with E-state index >= 15 is 0 Å². The molecule has 1 aromatic rings. The van der Waals surface area contributed by atoms with Crippen molar-refractivity contribution >= 4 is 32.3 Å². The van der Waals surface area contributed by atoms with Crippen molar-refractivity contribution in [1.29, 1.82) is 0 Å². The van der Waals surface area contributed by atoms with Gasteiger partial charge in [-0.25, -0.2) is 0 Å². The summed E-state index contributed by atoms with van der Waals surface area (Å²) in [5, 5.41) is 8.21. The van der Waals surface area contributed by atoms with Crippen molar-refractivity contribution in [3.63, 3.8) is 0 Å². The minimum Gasteiger partial charge on any atom is -0.0622 e. The minimum absolute atomic E-state index is 1.30. The van der Waals surface area contributed by atoms with Gasteiger partial charge < -0.3 is 0 Å². The zero-order valence-electron chi connectivity index (χ0n) is 16.4. The molecule has 0 heterocycles. The van der Waals surface area contributed by atoms with Crippen LogP contribution in [0.15, 0.2) is 109 Å². The molecule has 0 heteroatoms. The van der Waals surface area contributed by atoms with Gasteiger partial charge in [-0.3, -0.25) is 0 Å². The monoisotopic (exact) mass is 378 g/mol. The molecule has 0 saturated heterocycles. The van der Waals surface area contributed by atoms with Gasteiger partial charge >= 0.3 is 0 Å². The van der Waals surface area contributed by atoms with Gasteiger partial charge in [-0.2, -0.15) is 0 Å². The molecular formula is C30H18. The van der Waals surface area contributed by atoms with Crippen molar-refractivity contribution < 1.29 is 0 Å². The van der Waals surface area contributed by atoms with E-state index in [9.17, 15) is 0 Å². The second kappa shape index (κ2) is 5.81. The first-order chi connectivity index (χ1) is 14.9. The molecule has 6 aliphatic rings. The molecule has 138 valence electrons. The van der Waals surface area contributed by atoms with Crippen LogP contribution < -0.4 is 0 Å². The summed E-state index contributed by atoms with van der Waals surface area (Å²) in [4.78, 5) is 0. The Morgan fingerprint density at radius 1 is 0.300 bits per heavy atom. The molecular weight excluding hydrogens is 360 g/mol. The van der Waals surface area contributed by atoms with Crippen molar-refractivity contribution in [3.05, 3.63) is 109 Å². The van der Waals surface area contributed by atoms with Crippen molar-refractivity contribution in [1.82, 2.24) is 0 Å². The summed E-state index contributed by atoms with van der Waals surface area (Å²) in [5.74, 6) is 0. The number of rotatable bonds is 0. The maximum atomic E-state index is 2.39. The predicted molar refractivity (Wildman–Crippen MR) is 129 cm³/mol. The largest absolute Gasteiger partial charge is 0.0622 e. The first-order valence-corrected chi connectivity index (χ1v) is 10.5. The minimum atomic E-state index is 1.30. The standard InChI is InChI=1S/C30H18/c1-4-10-19-16-25-28(22(19)13-7-1)26-17-20-11-5-2-9-15-24(20)30(26)27-18-21-12-6-3-8-14-23(21)29(25)27/h1-18H. The third-order valence-corrected chi connectivity index (χ3v) is 6.54. The van der Waals surface area contributed by atoms with Gasteiger partial charge in [0.25, 0.3) is 0 Å². The molecule has 1 aromatic carbocycles. The Bertz CT molecular complexity index is 1410. The zero-order chi connectivity index (χ0) is 19.7. The maximum absolute atomic E-state index is 2.39. The van der Waals surface area contributed by atoms with Gasteiger partial charge in [-0.05, 0) is 83.9 Å². The smallest absolute Gasteiger partial charge is 0.00195 e. The van der Waals surface area contributed by atoms with Crippen molar-refractivity contribution in [3.8, 4) is 33.4 Å². The van der Waals surface area contributed by atoms with Crippen LogP contribution in [0.25, 0.3) is 65.7 Å². The lowest BCUT2D eigenvalue weighted by molar-refractivity contribution is 1.85. The molecule has 0 amide bonds. The van der Waals surface area contributed by atoms with Crippen LogP contribution in [0.4, 0.5) is 0 Å². The SMILES string of the molecule is c1ccc2cc3c(c-2cc1)c1cc2cccccc-2c1c1cc2cccccc-2c31. The molecule has 0 radical (unpaired) electrons. The third-order valence-electron chi connectivity index (χ3n) is 6.54. The van der Waals surface area contributed by atoms with Crippen LogP contribution in [0.3, 0.4) is 0 Å². The van der Waals surface area contributed by atoms with E-state index in [2.05, 4.69) is 109 Å². The lowest BCUT2D eigenvalue weighted by atomic mass is 9.98. The molecule has 30 heavy (non-hydrogen) atoms. The molecule has 7 rings (SSSR count). The number of benzene rings is 1. The van der Waals surface area contributed by atoms with E-state index in [1.54, 1.807) is 0 Å². The first-order valence-electron chi connectivity index (χ1n) is 10.5. The van der Waals surface area contributed by atoms with Crippen LogP contribution in [-0.2, 0) is 0 Å². The Hall–Kier alpha value is -3.90. The quantitative estimate of drug-likeness (QED) is 0.248. The van der Waals surface area contributed by atoms with Crippen LogP contribution in [0.1, 0.15) is 0 Å². The van der Waals surface area contributed by atoms with E-state index in [0.717, 1.165) is 0 Å². The summed E-state index contributed by atoms with van der Waals surface area (Å²) in [5.41, 5.74) is 7.89. The van der Waals surface area contributed by atoms with Crippen molar-refractivity contribution in [2.45, 2.75) is 0 Å². The normalized spacial score (nSPS) is 12.0. The summed E-state index contributed by atoms with van der Waals surface area (Å²) in [7, 11) is 0. The Balaban J connectivity index is 1.87. The van der Waals surface area contributed by atoms with Gasteiger partial charge in [-0.15, -0.1) is 0 Å². The number of hydrogen-bond donors (Lipinski definition) is 0.